The fraction of sp³-hybridized carbons (Fsp3) is 0.500. The highest BCUT2D eigenvalue weighted by Gasteiger charge is 2.32. The van der Waals surface area contributed by atoms with Crippen molar-refractivity contribution in [3.63, 3.8) is 0 Å². The van der Waals surface area contributed by atoms with Crippen molar-refractivity contribution in [3.8, 4) is 0 Å². The highest BCUT2D eigenvalue weighted by Crippen LogP contribution is 2.32. The quantitative estimate of drug-likeness (QED) is 0.827. The maximum atomic E-state index is 10.9. The zero-order valence-corrected chi connectivity index (χ0v) is 10.9. The van der Waals surface area contributed by atoms with Crippen molar-refractivity contribution in [2.75, 3.05) is 6.54 Å². The molecule has 7 heteroatoms. The minimum absolute atomic E-state index is 0.148. The number of aromatic nitrogens is 2. The fourth-order valence-corrected chi connectivity index (χ4v) is 2.37. The number of imidazole rings is 1. The second kappa shape index (κ2) is 4.13. The lowest BCUT2D eigenvalue weighted by molar-refractivity contribution is 0.139. The average Bonchev–Trinajstić information content (AvgIpc) is 2.73. The number of carboxylic acid groups (broad SMARTS) is 1. The van der Waals surface area contributed by atoms with Crippen molar-refractivity contribution in [2.24, 2.45) is 0 Å². The van der Waals surface area contributed by atoms with Gasteiger partial charge >= 0.3 is 6.09 Å². The Kier molecular flexibility index (Phi) is 3.01. The van der Waals surface area contributed by atoms with Crippen LogP contribution in [-0.2, 0) is 0 Å². The monoisotopic (exact) mass is 337 g/mol. The maximum absolute atomic E-state index is 10.9. The van der Waals surface area contributed by atoms with E-state index >= 15 is 0 Å². The van der Waals surface area contributed by atoms with E-state index in [-0.39, 0.29) is 6.04 Å². The zero-order valence-electron chi connectivity index (χ0n) is 7.70. The summed E-state index contributed by atoms with van der Waals surface area (Å²) >= 11 is 6.55. The molecule has 0 aromatic carbocycles. The molecule has 1 aliphatic rings. The molecule has 0 aliphatic carbocycles. The number of carbonyl (C=O) groups is 1. The number of amides is 1. The second-order valence-electron chi connectivity index (χ2n) is 3.36. The highest BCUT2D eigenvalue weighted by molar-refractivity contribution is 9.13. The van der Waals surface area contributed by atoms with Crippen LogP contribution in [0.5, 0.6) is 0 Å². The van der Waals surface area contributed by atoms with Crippen molar-refractivity contribution >= 4 is 38.0 Å². The van der Waals surface area contributed by atoms with E-state index < -0.39 is 6.09 Å². The summed E-state index contributed by atoms with van der Waals surface area (Å²) in [6, 6.07) is -0.148. The molecule has 15 heavy (non-hydrogen) atoms. The van der Waals surface area contributed by atoms with Crippen molar-refractivity contribution in [3.05, 3.63) is 15.0 Å². The van der Waals surface area contributed by atoms with Gasteiger partial charge in [0.1, 0.15) is 15.0 Å². The Morgan fingerprint density at radius 1 is 1.60 bits per heavy atom. The van der Waals surface area contributed by atoms with E-state index in [0.29, 0.717) is 17.0 Å². The summed E-state index contributed by atoms with van der Waals surface area (Å²) in [5.74, 6) is 0.689. The first-order valence-electron chi connectivity index (χ1n) is 4.50. The average molecular weight is 339 g/mol. The maximum Gasteiger partial charge on any atom is 0.407 e. The molecular weight excluding hydrogens is 330 g/mol. The molecule has 2 rings (SSSR count). The number of rotatable bonds is 1. The van der Waals surface area contributed by atoms with Crippen LogP contribution < -0.4 is 0 Å². The molecule has 82 valence electrons. The number of hydrogen-bond donors (Lipinski definition) is 2. The molecule has 0 spiro atoms. The van der Waals surface area contributed by atoms with E-state index in [2.05, 4.69) is 41.8 Å². The van der Waals surface area contributed by atoms with E-state index in [4.69, 9.17) is 5.11 Å². The Labute approximate surface area is 103 Å². The van der Waals surface area contributed by atoms with Crippen LogP contribution in [0.25, 0.3) is 0 Å². The summed E-state index contributed by atoms with van der Waals surface area (Å²) in [6.45, 7) is 0.579. The molecule has 1 aromatic heterocycles. The SMILES string of the molecule is O=C(O)N1CCCC1c1nc(Br)c(Br)[nH]1. The minimum Gasteiger partial charge on any atom is -0.465 e. The van der Waals surface area contributed by atoms with Crippen LogP contribution in [0.1, 0.15) is 24.7 Å². The summed E-state index contributed by atoms with van der Waals surface area (Å²) in [4.78, 5) is 19.6. The first-order chi connectivity index (χ1) is 7.09. The van der Waals surface area contributed by atoms with Gasteiger partial charge in [0, 0.05) is 6.54 Å². The van der Waals surface area contributed by atoms with E-state index in [1.165, 1.54) is 4.90 Å². The van der Waals surface area contributed by atoms with Gasteiger partial charge < -0.3 is 10.1 Å². The number of hydrogen-bond acceptors (Lipinski definition) is 2. The van der Waals surface area contributed by atoms with Crippen LogP contribution in [0.15, 0.2) is 9.21 Å². The predicted octanol–water partition coefficient (Wildman–Crippen LogP) is 2.75. The number of likely N-dealkylation sites (tertiary alicyclic amines) is 1. The van der Waals surface area contributed by atoms with Gasteiger partial charge in [0.15, 0.2) is 0 Å². The van der Waals surface area contributed by atoms with E-state index in [1.54, 1.807) is 0 Å². The smallest absolute Gasteiger partial charge is 0.407 e. The van der Waals surface area contributed by atoms with E-state index in [0.717, 1.165) is 17.4 Å². The van der Waals surface area contributed by atoms with Crippen LogP contribution in [-0.4, -0.2) is 32.6 Å². The summed E-state index contributed by atoms with van der Waals surface area (Å²) < 4.78 is 1.42. The summed E-state index contributed by atoms with van der Waals surface area (Å²) in [5, 5.41) is 8.98. The summed E-state index contributed by atoms with van der Waals surface area (Å²) in [5.41, 5.74) is 0. The topological polar surface area (TPSA) is 69.2 Å². The Morgan fingerprint density at radius 3 is 2.87 bits per heavy atom. The van der Waals surface area contributed by atoms with Gasteiger partial charge in [-0.1, -0.05) is 0 Å². The Morgan fingerprint density at radius 2 is 2.33 bits per heavy atom. The van der Waals surface area contributed by atoms with Crippen LogP contribution in [0.2, 0.25) is 0 Å². The lowest BCUT2D eigenvalue weighted by atomic mass is 10.2. The third kappa shape index (κ3) is 2.03. The zero-order chi connectivity index (χ0) is 11.0. The first kappa shape index (κ1) is 10.9. The van der Waals surface area contributed by atoms with Gasteiger partial charge in [-0.3, -0.25) is 4.90 Å². The predicted molar refractivity (Wildman–Crippen MR) is 60.7 cm³/mol. The lowest BCUT2D eigenvalue weighted by Gasteiger charge is -2.19. The Bertz CT molecular complexity index is 374. The lowest BCUT2D eigenvalue weighted by Crippen LogP contribution is -2.29. The van der Waals surface area contributed by atoms with Gasteiger partial charge in [0.2, 0.25) is 0 Å². The van der Waals surface area contributed by atoms with Gasteiger partial charge in [-0.2, -0.15) is 0 Å². The van der Waals surface area contributed by atoms with Crippen LogP contribution >= 0.6 is 31.9 Å². The van der Waals surface area contributed by atoms with Gasteiger partial charge in [0.05, 0.1) is 6.04 Å². The fourth-order valence-electron chi connectivity index (χ4n) is 1.78. The molecule has 1 aliphatic heterocycles. The number of nitrogens with zero attached hydrogens (tertiary/aromatic N) is 2. The third-order valence-corrected chi connectivity index (χ3v) is 4.13. The Hall–Kier alpha value is -0.560. The van der Waals surface area contributed by atoms with Gasteiger partial charge in [-0.25, -0.2) is 9.78 Å². The number of aromatic amines is 1. The number of nitrogens with one attached hydrogen (secondary N) is 1. The van der Waals surface area contributed by atoms with Crippen LogP contribution in [0, 0.1) is 0 Å². The first-order valence-corrected chi connectivity index (χ1v) is 6.08. The Balaban J connectivity index is 2.26. The molecule has 0 bridgehead atoms. The second-order valence-corrected chi connectivity index (χ2v) is 4.90. The standard InChI is InChI=1S/C8H9Br2N3O2/c9-5-6(10)12-7(11-5)4-2-1-3-13(4)8(14)15/h4H,1-3H2,(H,11,12)(H,14,15). The molecule has 1 amide bonds. The van der Waals surface area contributed by atoms with E-state index in [9.17, 15) is 4.79 Å². The third-order valence-electron chi connectivity index (χ3n) is 2.45. The van der Waals surface area contributed by atoms with Gasteiger partial charge in [-0.15, -0.1) is 0 Å². The van der Waals surface area contributed by atoms with Crippen molar-refractivity contribution in [2.45, 2.75) is 18.9 Å². The minimum atomic E-state index is -0.888. The molecule has 1 unspecified atom stereocenters. The molecule has 2 N–H and O–H groups in total. The molecule has 1 saturated heterocycles. The summed E-state index contributed by atoms with van der Waals surface area (Å²) in [7, 11) is 0. The molecule has 0 radical (unpaired) electrons. The largest absolute Gasteiger partial charge is 0.465 e. The van der Waals surface area contributed by atoms with Crippen LogP contribution in [0.4, 0.5) is 4.79 Å². The normalized spacial score (nSPS) is 20.9. The van der Waals surface area contributed by atoms with Crippen LogP contribution in [0.3, 0.4) is 0 Å². The van der Waals surface area contributed by atoms with Crippen molar-refractivity contribution in [1.29, 1.82) is 0 Å². The highest BCUT2D eigenvalue weighted by atomic mass is 79.9. The number of halogens is 2. The van der Waals surface area contributed by atoms with Crippen molar-refractivity contribution in [1.82, 2.24) is 14.9 Å². The molecule has 5 nitrogen and oxygen atoms in total. The molecule has 1 atom stereocenters. The molecule has 2 heterocycles. The van der Waals surface area contributed by atoms with Gasteiger partial charge in [0.25, 0.3) is 0 Å². The molecule has 1 aromatic rings. The molecule has 0 saturated carbocycles. The number of H-pyrrole nitrogens is 1. The molecular formula is C8H9Br2N3O2. The van der Waals surface area contributed by atoms with Gasteiger partial charge in [-0.05, 0) is 44.7 Å². The molecule has 1 fully saturated rings. The van der Waals surface area contributed by atoms with Crippen molar-refractivity contribution < 1.29 is 9.90 Å². The van der Waals surface area contributed by atoms with E-state index in [1.807, 2.05) is 0 Å². The summed E-state index contributed by atoms with van der Waals surface area (Å²) in [6.07, 6.45) is 0.812.